The predicted molar refractivity (Wildman–Crippen MR) is 367 cm³/mol. The first kappa shape index (κ1) is 76.4. The molecule has 10 rings (SSSR count). The number of hydrogen-bond donors (Lipinski definition) is 5. The SMILES string of the molecule is CNC1CCCC(C)(C)N(CC2CCCC2)C1=O.CNC1CCCC(C)(C)N(CC2CCOC2)C1=O.CNC1CCCC(C)(C)N(CC2CCOCC2)C1=O.CNC1CCCC(C)(C)N(CC2CCSC2)C1=O.CNC1CCCC(C)(C)N(CC2COC2)C1=O. The number of nitrogens with zero attached hydrogens (tertiary/aromatic N) is 5. The van der Waals surface area contributed by atoms with E-state index in [0.717, 1.165) is 194 Å². The second-order valence-electron chi connectivity index (χ2n) is 31.5. The molecule has 90 heavy (non-hydrogen) atoms. The summed E-state index contributed by atoms with van der Waals surface area (Å²) in [6, 6.07) is 0.0579. The van der Waals surface area contributed by atoms with E-state index in [1.165, 1.54) is 43.6 Å². The third-order valence-corrected chi connectivity index (χ3v) is 23.6. The van der Waals surface area contributed by atoms with Crippen LogP contribution >= 0.6 is 11.8 Å². The molecular weight excluding hydrogens is 1150 g/mol. The quantitative estimate of drug-likeness (QED) is 0.105. The van der Waals surface area contributed by atoms with Gasteiger partial charge in [0, 0.05) is 92.1 Å². The van der Waals surface area contributed by atoms with Gasteiger partial charge in [-0.05, 0) is 269 Å². The fraction of sp³-hybridized carbons (Fsp3) is 0.930. The molecule has 9 aliphatic heterocycles. The first-order valence-corrected chi connectivity index (χ1v) is 37.1. The number of hydrogen-bond acceptors (Lipinski definition) is 14. The second kappa shape index (κ2) is 35.9. The van der Waals surface area contributed by atoms with Gasteiger partial charge in [0.1, 0.15) is 0 Å². The second-order valence-corrected chi connectivity index (χ2v) is 32.7. The van der Waals surface area contributed by atoms with Gasteiger partial charge in [-0.1, -0.05) is 12.8 Å². The predicted octanol–water partition coefficient (Wildman–Crippen LogP) is 8.88. The van der Waals surface area contributed by atoms with Gasteiger partial charge in [0.15, 0.2) is 0 Å². The van der Waals surface area contributed by atoms with Gasteiger partial charge in [0.2, 0.25) is 29.5 Å². The van der Waals surface area contributed by atoms with Gasteiger partial charge >= 0.3 is 0 Å². The number of carbonyl (C=O) groups excluding carboxylic acids is 5. The Balaban J connectivity index is 0.000000179. The number of likely N-dealkylation sites (tertiary alicyclic amines) is 5. The molecule has 5 amide bonds. The van der Waals surface area contributed by atoms with Gasteiger partial charge in [0.25, 0.3) is 0 Å². The minimum atomic E-state index is -0.0225. The molecule has 7 unspecified atom stereocenters. The lowest BCUT2D eigenvalue weighted by molar-refractivity contribution is -0.142. The van der Waals surface area contributed by atoms with Crippen LogP contribution in [-0.4, -0.2) is 231 Å². The summed E-state index contributed by atoms with van der Waals surface area (Å²) in [5.74, 6) is 7.06. The van der Waals surface area contributed by atoms with Crippen molar-refractivity contribution in [3.63, 3.8) is 0 Å². The van der Waals surface area contributed by atoms with Crippen molar-refractivity contribution in [2.75, 3.05) is 119 Å². The molecule has 10 aliphatic rings. The molecule has 1 aliphatic carbocycles. The highest BCUT2D eigenvalue weighted by atomic mass is 32.2. The van der Waals surface area contributed by atoms with Crippen LogP contribution in [-0.2, 0) is 38.2 Å². The lowest BCUT2D eigenvalue weighted by Crippen LogP contribution is -2.55. The lowest BCUT2D eigenvalue weighted by atomic mass is 9.93. The highest BCUT2D eigenvalue weighted by Gasteiger charge is 2.44. The minimum absolute atomic E-state index is 0.00150. The summed E-state index contributed by atoms with van der Waals surface area (Å²) in [7, 11) is 9.48. The zero-order chi connectivity index (χ0) is 65.9. The molecule has 1 saturated carbocycles. The van der Waals surface area contributed by atoms with Crippen LogP contribution in [0.5, 0.6) is 0 Å². The Morgan fingerprint density at radius 1 is 0.333 bits per heavy atom. The van der Waals surface area contributed by atoms with Crippen molar-refractivity contribution in [3.8, 4) is 0 Å². The Kier molecular flexibility index (Phi) is 30.5. The maximum absolute atomic E-state index is 12.7. The standard InChI is InChI=1S/C15H28N2O2.C15H28N2O.C14H26N2O2.C14H26N2OS.C13H24N2O2/c1-15(2)8-4-5-13(16-3)14(18)17(15)11-12-6-9-19-10-7-12;1-15(2)10-6-9-13(16-3)14(18)17(15)11-12-7-4-5-8-12;2*1-14(2)7-4-5-12(15-3)13(17)16(14)9-11-6-8-18-10-11;1-13(2)6-4-5-11(14-3)12(16)15(13)7-10-8-17-9-10/h12-13,16H,4-11H2,1-3H3;12-13,16H,4-11H2,1-3H3;2*11-12,15H,4-10H2,1-3H3;10-11,14H,4-9H2,1-3H3. The zero-order valence-corrected chi connectivity index (χ0v) is 60.5. The summed E-state index contributed by atoms with van der Waals surface area (Å²) in [5, 5.41) is 15.9. The maximum atomic E-state index is 12.7. The molecule has 0 bridgehead atoms. The number of nitrogens with one attached hydrogen (secondary N) is 5. The normalized spacial score (nSPS) is 30.8. The number of amides is 5. The molecule has 0 radical (unpaired) electrons. The number of ether oxygens (including phenoxy) is 3. The van der Waals surface area contributed by atoms with Crippen LogP contribution in [0, 0.1) is 29.6 Å². The van der Waals surface area contributed by atoms with Gasteiger partial charge < -0.3 is 65.3 Å². The molecule has 0 aromatic rings. The molecule has 0 spiro atoms. The largest absolute Gasteiger partial charge is 0.381 e. The Morgan fingerprint density at radius 3 is 0.889 bits per heavy atom. The monoisotopic (exact) mass is 1280 g/mol. The Bertz CT molecular complexity index is 2050. The van der Waals surface area contributed by atoms with E-state index in [2.05, 4.69) is 120 Å². The van der Waals surface area contributed by atoms with E-state index in [1.807, 2.05) is 47.0 Å². The molecule has 19 heteroatoms. The van der Waals surface area contributed by atoms with Crippen LogP contribution in [0.2, 0.25) is 0 Å². The van der Waals surface area contributed by atoms with Crippen LogP contribution in [0.15, 0.2) is 0 Å². The summed E-state index contributed by atoms with van der Waals surface area (Å²) < 4.78 is 16.1. The van der Waals surface area contributed by atoms with Crippen molar-refractivity contribution in [2.45, 2.75) is 275 Å². The summed E-state index contributed by atoms with van der Waals surface area (Å²) in [6.45, 7) is 31.6. The van der Waals surface area contributed by atoms with Crippen LogP contribution in [0.4, 0.5) is 0 Å². The number of thioether (sulfide) groups is 1. The first-order chi connectivity index (χ1) is 42.7. The lowest BCUT2D eigenvalue weighted by Gasteiger charge is -2.42. The topological polar surface area (TPSA) is 189 Å². The van der Waals surface area contributed by atoms with E-state index in [9.17, 15) is 24.0 Å². The Morgan fingerprint density at radius 2 is 0.611 bits per heavy atom. The van der Waals surface area contributed by atoms with Crippen LogP contribution in [0.1, 0.15) is 217 Å². The number of rotatable bonds is 15. The average Bonchev–Trinajstić information content (AvgIpc) is 4.05. The molecule has 9 heterocycles. The molecule has 7 atom stereocenters. The number of likely N-dealkylation sites (N-methyl/N-ethyl adjacent to an activating group) is 5. The van der Waals surface area contributed by atoms with Gasteiger partial charge in [-0.3, -0.25) is 24.0 Å². The van der Waals surface area contributed by atoms with Gasteiger partial charge in [-0.15, -0.1) is 0 Å². The highest BCUT2D eigenvalue weighted by molar-refractivity contribution is 7.99. The van der Waals surface area contributed by atoms with Crippen molar-refractivity contribution in [3.05, 3.63) is 0 Å². The van der Waals surface area contributed by atoms with Crippen molar-refractivity contribution in [1.82, 2.24) is 51.1 Å². The van der Waals surface area contributed by atoms with E-state index < -0.39 is 0 Å². The van der Waals surface area contributed by atoms with Gasteiger partial charge in [-0.25, -0.2) is 0 Å². The summed E-state index contributed by atoms with van der Waals surface area (Å²) in [5.41, 5.74) is 0.00570. The smallest absolute Gasteiger partial charge is 0.240 e. The van der Waals surface area contributed by atoms with Gasteiger partial charge in [0.05, 0.1) is 50.0 Å². The van der Waals surface area contributed by atoms with E-state index in [4.69, 9.17) is 14.2 Å². The summed E-state index contributed by atoms with van der Waals surface area (Å²) in [6.07, 6.45) is 25.8. The van der Waals surface area contributed by atoms with Crippen molar-refractivity contribution in [1.29, 1.82) is 0 Å². The summed E-state index contributed by atoms with van der Waals surface area (Å²) in [4.78, 5) is 73.7. The van der Waals surface area contributed by atoms with Crippen molar-refractivity contribution in [2.24, 2.45) is 29.6 Å². The first-order valence-electron chi connectivity index (χ1n) is 36.0. The van der Waals surface area contributed by atoms with Crippen LogP contribution < -0.4 is 26.6 Å². The van der Waals surface area contributed by atoms with Crippen LogP contribution in [0.3, 0.4) is 0 Å². The fourth-order valence-electron chi connectivity index (χ4n) is 15.7. The third kappa shape index (κ3) is 21.7. The molecule has 10 fully saturated rings. The van der Waals surface area contributed by atoms with Gasteiger partial charge in [-0.2, -0.15) is 11.8 Å². The fourth-order valence-corrected chi connectivity index (χ4v) is 17.0. The molecule has 0 aromatic heterocycles. The van der Waals surface area contributed by atoms with E-state index >= 15 is 0 Å². The summed E-state index contributed by atoms with van der Waals surface area (Å²) >= 11 is 2.03. The molecule has 18 nitrogen and oxygen atoms in total. The Labute approximate surface area is 551 Å². The van der Waals surface area contributed by atoms with Crippen LogP contribution in [0.25, 0.3) is 0 Å². The van der Waals surface area contributed by atoms with Crippen molar-refractivity contribution < 1.29 is 38.2 Å². The zero-order valence-electron chi connectivity index (χ0n) is 59.6. The average molecular weight is 1290 g/mol. The highest BCUT2D eigenvalue weighted by Crippen LogP contribution is 2.36. The molecule has 9 saturated heterocycles. The maximum Gasteiger partial charge on any atom is 0.240 e. The third-order valence-electron chi connectivity index (χ3n) is 22.4. The van der Waals surface area contributed by atoms with E-state index in [0.29, 0.717) is 35.5 Å². The molecule has 5 N–H and O–H groups in total. The number of carbonyl (C=O) groups is 5. The van der Waals surface area contributed by atoms with E-state index in [-0.39, 0.29) is 75.6 Å². The molecular formula is C71H132N10O8S. The van der Waals surface area contributed by atoms with Crippen molar-refractivity contribution >= 4 is 41.3 Å². The molecule has 520 valence electrons. The Hall–Kier alpha value is -2.62. The molecule has 0 aromatic carbocycles. The van der Waals surface area contributed by atoms with E-state index in [1.54, 1.807) is 0 Å². The minimum Gasteiger partial charge on any atom is -0.381 e.